The van der Waals surface area contributed by atoms with E-state index in [4.69, 9.17) is 4.52 Å². The van der Waals surface area contributed by atoms with E-state index in [2.05, 4.69) is 10.1 Å². The highest BCUT2D eigenvalue weighted by molar-refractivity contribution is 7.99. The summed E-state index contributed by atoms with van der Waals surface area (Å²) in [5, 5.41) is 3.92. The Morgan fingerprint density at radius 2 is 2.06 bits per heavy atom. The minimum Gasteiger partial charge on any atom is -0.338 e. The molecule has 1 atom stereocenters. The van der Waals surface area contributed by atoms with Crippen molar-refractivity contribution in [2.75, 3.05) is 0 Å². The van der Waals surface area contributed by atoms with Crippen LogP contribution >= 0.6 is 11.8 Å². The molecule has 5 heteroatoms. The van der Waals surface area contributed by atoms with Crippen molar-refractivity contribution < 1.29 is 8.91 Å². The average Bonchev–Trinajstić information content (AvgIpc) is 2.81. The predicted octanol–water partition coefficient (Wildman–Crippen LogP) is 3.62. The summed E-state index contributed by atoms with van der Waals surface area (Å²) in [5.74, 6) is 1.09. The quantitative estimate of drug-likeness (QED) is 0.779. The van der Waals surface area contributed by atoms with Crippen LogP contribution in [0.25, 0.3) is 0 Å². The number of hydrogen-bond acceptors (Lipinski definition) is 4. The highest BCUT2D eigenvalue weighted by Gasteiger charge is 2.14. The first-order chi connectivity index (χ1) is 8.19. The summed E-state index contributed by atoms with van der Waals surface area (Å²) in [6, 6.07) is 6.38. The maximum Gasteiger partial charge on any atom is 0.239 e. The lowest BCUT2D eigenvalue weighted by atomic mass is 10.3. The van der Waals surface area contributed by atoms with Crippen LogP contribution < -0.4 is 0 Å². The van der Waals surface area contributed by atoms with Gasteiger partial charge in [0.05, 0.1) is 5.25 Å². The number of hydrogen-bond donors (Lipinski definition) is 0. The molecule has 17 heavy (non-hydrogen) atoms. The molecule has 0 spiro atoms. The second-order valence-electron chi connectivity index (χ2n) is 3.62. The van der Waals surface area contributed by atoms with Crippen molar-refractivity contribution in [3.05, 3.63) is 41.8 Å². The van der Waals surface area contributed by atoms with Crippen molar-refractivity contribution >= 4 is 11.8 Å². The topological polar surface area (TPSA) is 38.9 Å². The van der Waals surface area contributed by atoms with Gasteiger partial charge >= 0.3 is 0 Å². The van der Waals surface area contributed by atoms with E-state index in [-0.39, 0.29) is 11.1 Å². The van der Waals surface area contributed by atoms with Crippen molar-refractivity contribution in [1.29, 1.82) is 0 Å². The van der Waals surface area contributed by atoms with Gasteiger partial charge in [0, 0.05) is 11.3 Å². The van der Waals surface area contributed by atoms with Crippen molar-refractivity contribution in [1.82, 2.24) is 10.1 Å². The minimum absolute atomic E-state index is 0.0632. The third-order valence-corrected chi connectivity index (χ3v) is 3.37. The molecule has 0 saturated carbocycles. The van der Waals surface area contributed by atoms with Gasteiger partial charge in [-0.1, -0.05) is 12.1 Å². The smallest absolute Gasteiger partial charge is 0.239 e. The van der Waals surface area contributed by atoms with E-state index < -0.39 is 0 Å². The maximum atomic E-state index is 12.7. The first-order valence-corrected chi connectivity index (χ1v) is 6.31. The first-order valence-electron chi connectivity index (χ1n) is 5.43. The maximum absolute atomic E-state index is 12.7. The fourth-order valence-electron chi connectivity index (χ4n) is 1.34. The third-order valence-electron chi connectivity index (χ3n) is 2.27. The molecule has 90 valence electrons. The molecule has 0 aliphatic rings. The Kier molecular flexibility index (Phi) is 3.78. The molecule has 0 aliphatic carbocycles. The van der Waals surface area contributed by atoms with Crippen LogP contribution in [0.5, 0.6) is 0 Å². The molecule has 0 amide bonds. The fourth-order valence-corrected chi connectivity index (χ4v) is 2.24. The summed E-state index contributed by atoms with van der Waals surface area (Å²) >= 11 is 1.57. The number of nitrogens with zero attached hydrogens (tertiary/aromatic N) is 2. The summed E-state index contributed by atoms with van der Waals surface area (Å²) in [6.07, 6.45) is 0.761. The monoisotopic (exact) mass is 252 g/mol. The molecule has 0 fully saturated rings. The van der Waals surface area contributed by atoms with Crippen LogP contribution in [0.15, 0.2) is 33.7 Å². The highest BCUT2D eigenvalue weighted by Crippen LogP contribution is 2.33. The number of rotatable bonds is 4. The first kappa shape index (κ1) is 12.1. The number of benzene rings is 1. The molecular weight excluding hydrogens is 239 g/mol. The summed E-state index contributed by atoms with van der Waals surface area (Å²) in [5.41, 5.74) is 0. The van der Waals surface area contributed by atoms with Crippen molar-refractivity contribution in [3.63, 3.8) is 0 Å². The normalized spacial score (nSPS) is 12.6. The van der Waals surface area contributed by atoms with Gasteiger partial charge in [0.15, 0.2) is 5.82 Å². The van der Waals surface area contributed by atoms with Crippen molar-refractivity contribution in [2.45, 2.75) is 30.4 Å². The van der Waals surface area contributed by atoms with Crippen LogP contribution in [-0.4, -0.2) is 10.1 Å². The van der Waals surface area contributed by atoms with Gasteiger partial charge < -0.3 is 4.52 Å². The van der Waals surface area contributed by atoms with Crippen LogP contribution in [0.1, 0.15) is 30.8 Å². The Hall–Kier alpha value is -1.36. The molecule has 0 aliphatic heterocycles. The summed E-state index contributed by atoms with van der Waals surface area (Å²) < 4.78 is 17.9. The molecule has 2 aromatic rings. The minimum atomic E-state index is -0.229. The van der Waals surface area contributed by atoms with E-state index in [9.17, 15) is 4.39 Å². The van der Waals surface area contributed by atoms with Crippen LogP contribution in [-0.2, 0) is 6.42 Å². The van der Waals surface area contributed by atoms with Crippen molar-refractivity contribution in [2.24, 2.45) is 0 Å². The van der Waals surface area contributed by atoms with E-state index in [1.165, 1.54) is 12.1 Å². The number of aromatic nitrogens is 2. The molecule has 0 N–H and O–H groups in total. The summed E-state index contributed by atoms with van der Waals surface area (Å²) in [7, 11) is 0. The summed E-state index contributed by atoms with van der Waals surface area (Å²) in [6.45, 7) is 3.97. The zero-order valence-corrected chi connectivity index (χ0v) is 10.5. The van der Waals surface area contributed by atoms with Gasteiger partial charge in [0.25, 0.3) is 0 Å². The largest absolute Gasteiger partial charge is 0.338 e. The Labute approximate surface area is 103 Å². The molecule has 1 heterocycles. The molecule has 3 nitrogen and oxygen atoms in total. The van der Waals surface area contributed by atoms with Crippen LogP contribution in [0, 0.1) is 5.82 Å². The lowest BCUT2D eigenvalue weighted by Crippen LogP contribution is -1.90. The molecule has 1 unspecified atom stereocenters. The Bertz CT molecular complexity index is 484. The van der Waals surface area contributed by atoms with E-state index in [1.54, 1.807) is 23.9 Å². The average molecular weight is 252 g/mol. The molecule has 0 bridgehead atoms. The number of halogens is 1. The van der Waals surface area contributed by atoms with Gasteiger partial charge in [-0.05, 0) is 31.2 Å². The Morgan fingerprint density at radius 1 is 1.35 bits per heavy atom. The molecule has 1 aromatic heterocycles. The van der Waals surface area contributed by atoms with Gasteiger partial charge in [-0.3, -0.25) is 0 Å². The SMILES string of the molecule is CCc1noc(C(C)Sc2ccc(F)cc2)n1. The van der Waals surface area contributed by atoms with Gasteiger partial charge in [-0.2, -0.15) is 4.98 Å². The van der Waals surface area contributed by atoms with E-state index in [0.29, 0.717) is 11.7 Å². The van der Waals surface area contributed by atoms with Crippen LogP contribution in [0.3, 0.4) is 0 Å². The number of aryl methyl sites for hydroxylation is 1. The van der Waals surface area contributed by atoms with Crippen LogP contribution in [0.4, 0.5) is 4.39 Å². The lowest BCUT2D eigenvalue weighted by Gasteiger charge is -2.05. The standard InChI is InChI=1S/C12H13FN2OS/c1-3-11-14-12(16-15-11)8(2)17-10-6-4-9(13)5-7-10/h4-8H,3H2,1-2H3. The lowest BCUT2D eigenvalue weighted by molar-refractivity contribution is 0.375. The Balaban J connectivity index is 2.05. The van der Waals surface area contributed by atoms with Gasteiger partial charge in [0.2, 0.25) is 5.89 Å². The van der Waals surface area contributed by atoms with Gasteiger partial charge in [-0.15, -0.1) is 11.8 Å². The second kappa shape index (κ2) is 5.31. The van der Waals surface area contributed by atoms with E-state index in [1.807, 2.05) is 13.8 Å². The zero-order chi connectivity index (χ0) is 12.3. The molecule has 1 aromatic carbocycles. The van der Waals surface area contributed by atoms with Gasteiger partial charge in [-0.25, -0.2) is 4.39 Å². The molecule has 2 rings (SSSR count). The fraction of sp³-hybridized carbons (Fsp3) is 0.333. The second-order valence-corrected chi connectivity index (χ2v) is 5.03. The Morgan fingerprint density at radius 3 is 2.65 bits per heavy atom. The highest BCUT2D eigenvalue weighted by atomic mass is 32.2. The summed E-state index contributed by atoms with van der Waals surface area (Å²) in [4.78, 5) is 5.25. The van der Waals surface area contributed by atoms with Gasteiger partial charge in [0.1, 0.15) is 5.82 Å². The van der Waals surface area contributed by atoms with E-state index in [0.717, 1.165) is 11.3 Å². The third kappa shape index (κ3) is 3.06. The predicted molar refractivity (Wildman–Crippen MR) is 64.3 cm³/mol. The molecule has 0 saturated heterocycles. The van der Waals surface area contributed by atoms with E-state index >= 15 is 0 Å². The number of thioether (sulfide) groups is 1. The zero-order valence-electron chi connectivity index (χ0n) is 9.68. The molecular formula is C12H13FN2OS. The van der Waals surface area contributed by atoms with Crippen molar-refractivity contribution in [3.8, 4) is 0 Å². The molecule has 0 radical (unpaired) electrons. The van der Waals surface area contributed by atoms with Crippen LogP contribution in [0.2, 0.25) is 0 Å².